The van der Waals surface area contributed by atoms with E-state index in [2.05, 4.69) is 195 Å². The quantitative estimate of drug-likeness (QED) is 0.164. The number of fused-ring (bicyclic) bond motifs is 9. The Balaban J connectivity index is 1.31. The number of furan rings is 1. The van der Waals surface area contributed by atoms with Crippen molar-refractivity contribution in [1.82, 2.24) is 0 Å². The summed E-state index contributed by atoms with van der Waals surface area (Å²) in [5.74, 6) is 0. The van der Waals surface area contributed by atoms with Crippen LogP contribution in [0.3, 0.4) is 0 Å². The standard InChI is InChI=1S/C53H55BN2O/c1-32-28-38-47-43(24-25-45-48(47)37-30-39-40(31-46(37)57-45)53(10,11)27-26-52(39,8)9)56(36-22-18-34(19-23-36)51(5,6)7)54-41-14-12-13-15-42(41)55(44(29-32)49(38)54)35-20-16-33(17-21-35)50(2,3)4/h12-25,28-31H,26-27H2,1-11H3. The van der Waals surface area contributed by atoms with Crippen molar-refractivity contribution >= 4 is 68.1 Å². The van der Waals surface area contributed by atoms with E-state index in [1.807, 2.05) is 0 Å². The maximum absolute atomic E-state index is 6.94. The van der Waals surface area contributed by atoms with Gasteiger partial charge in [-0.2, -0.15) is 0 Å². The minimum atomic E-state index is -0.0343. The predicted octanol–water partition coefficient (Wildman–Crippen LogP) is 13.5. The second-order valence-corrected chi connectivity index (χ2v) is 20.6. The summed E-state index contributed by atoms with van der Waals surface area (Å²) in [5, 5.41) is 2.43. The Kier molecular flexibility index (Phi) is 7.56. The molecule has 3 nitrogen and oxygen atoms in total. The van der Waals surface area contributed by atoms with Gasteiger partial charge in [0.15, 0.2) is 0 Å². The second kappa shape index (κ2) is 11.9. The van der Waals surface area contributed by atoms with Gasteiger partial charge in [0.1, 0.15) is 11.2 Å². The van der Waals surface area contributed by atoms with Crippen molar-refractivity contribution in [3.05, 3.63) is 137 Å². The first-order valence-corrected chi connectivity index (χ1v) is 21.0. The summed E-state index contributed by atoms with van der Waals surface area (Å²) in [6.07, 6.45) is 2.34. The maximum Gasteiger partial charge on any atom is 0.333 e. The van der Waals surface area contributed by atoms with Crippen LogP contribution in [0.1, 0.15) is 110 Å². The molecule has 0 radical (unpaired) electrons. The number of para-hydroxylation sites is 1. The Morgan fingerprint density at radius 1 is 0.596 bits per heavy atom. The van der Waals surface area contributed by atoms with Gasteiger partial charge in [0.05, 0.1) is 0 Å². The van der Waals surface area contributed by atoms with Gasteiger partial charge < -0.3 is 14.1 Å². The Bertz CT molecular complexity index is 2770. The van der Waals surface area contributed by atoms with Gasteiger partial charge in [0, 0.05) is 44.8 Å². The summed E-state index contributed by atoms with van der Waals surface area (Å²) in [7, 11) is 0. The lowest BCUT2D eigenvalue weighted by Crippen LogP contribution is -2.61. The monoisotopic (exact) mass is 746 g/mol. The van der Waals surface area contributed by atoms with Crippen molar-refractivity contribution in [3.63, 3.8) is 0 Å². The maximum atomic E-state index is 6.94. The van der Waals surface area contributed by atoms with Crippen molar-refractivity contribution in [2.75, 3.05) is 9.71 Å². The van der Waals surface area contributed by atoms with Crippen LogP contribution in [-0.2, 0) is 21.7 Å². The van der Waals surface area contributed by atoms with Gasteiger partial charge in [-0.3, -0.25) is 0 Å². The fourth-order valence-corrected chi connectivity index (χ4v) is 10.3. The minimum absolute atomic E-state index is 0.0343. The van der Waals surface area contributed by atoms with E-state index in [1.54, 1.807) is 0 Å². The van der Waals surface area contributed by atoms with Gasteiger partial charge in [-0.05, 0) is 146 Å². The third-order valence-corrected chi connectivity index (χ3v) is 13.7. The SMILES string of the molecule is Cc1cc2c3c(c1)N(c1ccc(C(C)(C)C)cc1)c1ccccc1B3N(c1ccc(C(C)(C)C)cc1)c1ccc3oc4cc5c(cc4c3c1-2)C(C)(C)CCC5(C)C. The molecule has 2 aliphatic heterocycles. The van der Waals surface area contributed by atoms with Crippen molar-refractivity contribution < 1.29 is 4.42 Å². The molecule has 0 atom stereocenters. The molecule has 6 aromatic carbocycles. The van der Waals surface area contributed by atoms with E-state index in [0.717, 1.165) is 11.2 Å². The zero-order valence-corrected chi connectivity index (χ0v) is 35.7. The molecule has 4 heteroatoms. The molecule has 7 aromatic rings. The molecule has 0 amide bonds. The average molecular weight is 747 g/mol. The van der Waals surface area contributed by atoms with Crippen LogP contribution in [0.15, 0.2) is 114 Å². The van der Waals surface area contributed by atoms with Gasteiger partial charge in [0.2, 0.25) is 0 Å². The summed E-state index contributed by atoms with van der Waals surface area (Å²) < 4.78 is 6.94. The summed E-state index contributed by atoms with van der Waals surface area (Å²) in [4.78, 5) is 5.15. The van der Waals surface area contributed by atoms with Crippen LogP contribution in [0, 0.1) is 6.92 Å². The second-order valence-electron chi connectivity index (χ2n) is 20.6. The molecule has 286 valence electrons. The van der Waals surface area contributed by atoms with Gasteiger partial charge in [0.25, 0.3) is 0 Å². The molecule has 0 N–H and O–H groups in total. The van der Waals surface area contributed by atoms with Crippen molar-refractivity contribution in [2.45, 2.75) is 111 Å². The first-order valence-electron chi connectivity index (χ1n) is 21.0. The molecule has 0 spiro atoms. The first kappa shape index (κ1) is 36.1. The molecule has 3 heterocycles. The summed E-state index contributed by atoms with van der Waals surface area (Å²) in [5.41, 5.74) is 20.3. The van der Waals surface area contributed by atoms with Crippen LogP contribution in [0.4, 0.5) is 28.4 Å². The van der Waals surface area contributed by atoms with Gasteiger partial charge >= 0.3 is 6.85 Å². The van der Waals surface area contributed by atoms with Gasteiger partial charge in [-0.1, -0.05) is 118 Å². The van der Waals surface area contributed by atoms with Crippen LogP contribution >= 0.6 is 0 Å². The fourth-order valence-electron chi connectivity index (χ4n) is 10.3. The van der Waals surface area contributed by atoms with E-state index in [4.69, 9.17) is 4.42 Å². The Hall–Kier alpha value is -5.22. The first-order chi connectivity index (χ1) is 26.9. The zero-order chi connectivity index (χ0) is 40.0. The number of benzene rings is 6. The third kappa shape index (κ3) is 5.39. The van der Waals surface area contributed by atoms with E-state index in [-0.39, 0.29) is 28.5 Å². The molecule has 1 aromatic heterocycles. The van der Waals surface area contributed by atoms with Crippen molar-refractivity contribution in [1.29, 1.82) is 0 Å². The Labute approximate surface area is 339 Å². The highest BCUT2D eigenvalue weighted by molar-refractivity contribution is 6.93. The number of hydrogen-bond acceptors (Lipinski definition) is 3. The van der Waals surface area contributed by atoms with E-state index in [0.29, 0.717) is 0 Å². The molecule has 10 rings (SSSR count). The number of hydrogen-bond donors (Lipinski definition) is 0. The number of aryl methyl sites for hydroxylation is 1. The van der Waals surface area contributed by atoms with Crippen LogP contribution in [-0.4, -0.2) is 6.85 Å². The Morgan fingerprint density at radius 2 is 1.19 bits per heavy atom. The van der Waals surface area contributed by atoms with E-state index in [1.165, 1.54) is 102 Å². The molecular weight excluding hydrogens is 691 g/mol. The topological polar surface area (TPSA) is 19.6 Å². The minimum Gasteiger partial charge on any atom is -0.456 e. The lowest BCUT2D eigenvalue weighted by atomic mass is 9.43. The fraction of sp³-hybridized carbons (Fsp3) is 0.321. The summed E-state index contributed by atoms with van der Waals surface area (Å²) >= 11 is 0. The molecular formula is C53H55BN2O. The molecule has 0 saturated heterocycles. The molecule has 1 aliphatic carbocycles. The van der Waals surface area contributed by atoms with Crippen molar-refractivity contribution in [3.8, 4) is 11.1 Å². The molecule has 57 heavy (non-hydrogen) atoms. The van der Waals surface area contributed by atoms with E-state index >= 15 is 0 Å². The van der Waals surface area contributed by atoms with Crippen LogP contribution in [0.5, 0.6) is 0 Å². The highest BCUT2D eigenvalue weighted by atomic mass is 16.3. The highest BCUT2D eigenvalue weighted by Crippen LogP contribution is 2.53. The Morgan fingerprint density at radius 3 is 1.82 bits per heavy atom. The third-order valence-electron chi connectivity index (χ3n) is 13.7. The van der Waals surface area contributed by atoms with Gasteiger partial charge in [-0.25, -0.2) is 0 Å². The molecule has 0 saturated carbocycles. The predicted molar refractivity (Wildman–Crippen MR) is 245 cm³/mol. The largest absolute Gasteiger partial charge is 0.456 e. The molecule has 0 bridgehead atoms. The number of nitrogens with zero attached hydrogens (tertiary/aromatic N) is 2. The number of rotatable bonds is 2. The lowest BCUT2D eigenvalue weighted by molar-refractivity contribution is 0.332. The molecule has 0 fully saturated rings. The zero-order valence-electron chi connectivity index (χ0n) is 35.7. The summed E-state index contributed by atoms with van der Waals surface area (Å²) in [6.45, 7) is 25.6. The van der Waals surface area contributed by atoms with Crippen molar-refractivity contribution in [2.24, 2.45) is 0 Å². The normalized spacial score (nSPS) is 16.7. The lowest BCUT2D eigenvalue weighted by Gasteiger charge is -2.46. The average Bonchev–Trinajstić information content (AvgIpc) is 3.53. The van der Waals surface area contributed by atoms with Gasteiger partial charge in [-0.15, -0.1) is 0 Å². The summed E-state index contributed by atoms with van der Waals surface area (Å²) in [6, 6.07) is 42.0. The smallest absolute Gasteiger partial charge is 0.333 e. The van der Waals surface area contributed by atoms with E-state index in [9.17, 15) is 0 Å². The van der Waals surface area contributed by atoms with Crippen LogP contribution < -0.4 is 20.6 Å². The molecule has 0 unspecified atom stereocenters. The number of anilines is 5. The molecule has 3 aliphatic rings. The van der Waals surface area contributed by atoms with E-state index < -0.39 is 0 Å². The van der Waals surface area contributed by atoms with Crippen LogP contribution in [0.2, 0.25) is 0 Å². The van der Waals surface area contributed by atoms with Crippen LogP contribution in [0.25, 0.3) is 33.1 Å². The highest BCUT2D eigenvalue weighted by Gasteiger charge is 2.46.